The number of imide groups is 1. The quantitative estimate of drug-likeness (QED) is 0.683. The molecule has 2 heterocycles. The van der Waals surface area contributed by atoms with Crippen LogP contribution in [0.25, 0.3) is 0 Å². The summed E-state index contributed by atoms with van der Waals surface area (Å²) in [5, 5.41) is 0. The molecule has 0 aromatic heterocycles. The highest BCUT2D eigenvalue weighted by Crippen LogP contribution is 2.30. The molecule has 2 aliphatic rings. The number of nitrogens with zero attached hydrogens (tertiary/aromatic N) is 3. The van der Waals surface area contributed by atoms with Gasteiger partial charge < -0.3 is 4.90 Å². The van der Waals surface area contributed by atoms with Gasteiger partial charge in [-0.15, -0.1) is 0 Å². The van der Waals surface area contributed by atoms with Gasteiger partial charge in [0, 0.05) is 19.1 Å². The van der Waals surface area contributed by atoms with Crippen molar-refractivity contribution in [3.63, 3.8) is 0 Å². The maximum Gasteiger partial charge on any atom is 0.332 e. The van der Waals surface area contributed by atoms with Crippen LogP contribution < -0.4 is 4.90 Å². The van der Waals surface area contributed by atoms with E-state index < -0.39 is 10.0 Å². The minimum absolute atomic E-state index is 0.0291. The predicted molar refractivity (Wildman–Crippen MR) is 118 cm³/mol. The fourth-order valence-corrected chi connectivity index (χ4v) is 6.61. The van der Waals surface area contributed by atoms with Crippen molar-refractivity contribution in [2.75, 3.05) is 24.5 Å². The van der Waals surface area contributed by atoms with Gasteiger partial charge in [-0.05, 0) is 56.9 Å². The van der Waals surface area contributed by atoms with Crippen LogP contribution in [0.5, 0.6) is 0 Å². The monoisotopic (exact) mass is 441 g/mol. The lowest BCUT2D eigenvalue weighted by atomic mass is 10.1. The van der Waals surface area contributed by atoms with Crippen LogP contribution >= 0.6 is 0 Å². The molecule has 0 atom stereocenters. The highest BCUT2D eigenvalue weighted by Gasteiger charge is 2.42. The van der Waals surface area contributed by atoms with Crippen LogP contribution in [0.3, 0.4) is 0 Å². The van der Waals surface area contributed by atoms with Gasteiger partial charge in [0.15, 0.2) is 0 Å². The van der Waals surface area contributed by atoms with E-state index in [-0.39, 0.29) is 24.5 Å². The Bertz CT molecular complexity index is 1100. The molecule has 8 heteroatoms. The number of piperidine rings is 1. The number of anilines is 1. The number of carbonyl (C=O) groups excluding carboxylic acids is 2. The van der Waals surface area contributed by atoms with Crippen molar-refractivity contribution in [3.8, 4) is 0 Å². The van der Waals surface area contributed by atoms with E-state index in [0.717, 1.165) is 16.7 Å². The largest absolute Gasteiger partial charge is 0.332 e. The second-order valence-corrected chi connectivity index (χ2v) is 10.2. The van der Waals surface area contributed by atoms with Gasteiger partial charge in [0.05, 0.1) is 10.6 Å². The lowest BCUT2D eigenvalue weighted by Crippen LogP contribution is -2.48. The summed E-state index contributed by atoms with van der Waals surface area (Å²) in [4.78, 5) is 28.6. The lowest BCUT2D eigenvalue weighted by molar-refractivity contribution is -0.116. The average Bonchev–Trinajstić information content (AvgIpc) is 3.01. The molecule has 4 rings (SSSR count). The Hall–Kier alpha value is -2.71. The van der Waals surface area contributed by atoms with E-state index >= 15 is 0 Å². The zero-order valence-corrected chi connectivity index (χ0v) is 18.9. The molecule has 0 aliphatic carbocycles. The Kier molecular flexibility index (Phi) is 5.61. The van der Waals surface area contributed by atoms with E-state index in [1.807, 2.05) is 39.0 Å². The molecule has 0 unspecified atom stereocenters. The van der Waals surface area contributed by atoms with Crippen LogP contribution in [-0.4, -0.2) is 55.2 Å². The zero-order valence-electron chi connectivity index (χ0n) is 18.0. The number of para-hydroxylation sites is 1. The maximum atomic E-state index is 13.3. The van der Waals surface area contributed by atoms with Gasteiger partial charge in [0.25, 0.3) is 5.91 Å². The lowest BCUT2D eigenvalue weighted by Gasteiger charge is -2.35. The second kappa shape index (κ2) is 8.09. The molecule has 164 valence electrons. The van der Waals surface area contributed by atoms with Crippen molar-refractivity contribution in [1.82, 2.24) is 9.21 Å². The third kappa shape index (κ3) is 3.85. The Morgan fingerprint density at radius 2 is 1.48 bits per heavy atom. The first kappa shape index (κ1) is 21.5. The smallest absolute Gasteiger partial charge is 0.312 e. The molecule has 2 saturated heterocycles. The van der Waals surface area contributed by atoms with E-state index in [0.29, 0.717) is 36.5 Å². The Balaban J connectivity index is 1.48. The highest BCUT2D eigenvalue weighted by molar-refractivity contribution is 7.89. The zero-order chi connectivity index (χ0) is 22.3. The summed E-state index contributed by atoms with van der Waals surface area (Å²) in [6.45, 7) is 6.28. The number of aryl methyl sites for hydroxylation is 3. The third-order valence-electron chi connectivity index (χ3n) is 6.07. The average molecular weight is 442 g/mol. The van der Waals surface area contributed by atoms with E-state index in [1.54, 1.807) is 29.2 Å². The highest BCUT2D eigenvalue weighted by atomic mass is 32.2. The van der Waals surface area contributed by atoms with Gasteiger partial charge in [-0.25, -0.2) is 18.1 Å². The number of benzene rings is 2. The summed E-state index contributed by atoms with van der Waals surface area (Å²) in [5.74, 6) is -0.253. The maximum absolute atomic E-state index is 13.3. The van der Waals surface area contributed by atoms with E-state index in [4.69, 9.17) is 0 Å². The number of amides is 3. The molecule has 7 nitrogen and oxygen atoms in total. The molecular weight excluding hydrogens is 414 g/mol. The van der Waals surface area contributed by atoms with Gasteiger partial charge in [-0.2, -0.15) is 4.31 Å². The number of sulfonamides is 1. The molecule has 0 bridgehead atoms. The SMILES string of the molecule is Cc1cc(C)c(S(=O)(=O)N2CCC(N3CC(=O)N(c4ccccc4)C3=O)CC2)c(C)c1. The molecule has 2 aliphatic heterocycles. The summed E-state index contributed by atoms with van der Waals surface area (Å²) >= 11 is 0. The number of hydrogen-bond donors (Lipinski definition) is 0. The van der Waals surface area contributed by atoms with Gasteiger partial charge in [-0.1, -0.05) is 35.9 Å². The number of hydrogen-bond acceptors (Lipinski definition) is 4. The Labute approximate surface area is 183 Å². The molecule has 0 spiro atoms. The van der Waals surface area contributed by atoms with Crippen molar-refractivity contribution in [1.29, 1.82) is 0 Å². The van der Waals surface area contributed by atoms with Crippen molar-refractivity contribution in [2.24, 2.45) is 0 Å². The molecule has 2 aromatic carbocycles. The first-order chi connectivity index (χ1) is 14.7. The van der Waals surface area contributed by atoms with Crippen molar-refractivity contribution >= 4 is 27.6 Å². The van der Waals surface area contributed by atoms with E-state index in [1.165, 1.54) is 9.21 Å². The fourth-order valence-electron chi connectivity index (χ4n) is 4.73. The molecule has 2 aromatic rings. The second-order valence-electron chi connectivity index (χ2n) is 8.34. The van der Waals surface area contributed by atoms with Crippen LogP contribution in [0, 0.1) is 20.8 Å². The summed E-state index contributed by atoms with van der Waals surface area (Å²) < 4.78 is 28.1. The van der Waals surface area contributed by atoms with Crippen LogP contribution in [0.1, 0.15) is 29.5 Å². The van der Waals surface area contributed by atoms with Gasteiger partial charge in [-0.3, -0.25) is 4.79 Å². The van der Waals surface area contributed by atoms with Gasteiger partial charge >= 0.3 is 6.03 Å². The Morgan fingerprint density at radius 1 is 0.903 bits per heavy atom. The van der Waals surface area contributed by atoms with Crippen LogP contribution in [-0.2, 0) is 14.8 Å². The first-order valence-corrected chi connectivity index (χ1v) is 11.9. The third-order valence-corrected chi connectivity index (χ3v) is 8.28. The molecular formula is C23H27N3O4S. The van der Waals surface area contributed by atoms with E-state index in [9.17, 15) is 18.0 Å². The first-order valence-electron chi connectivity index (χ1n) is 10.5. The molecule has 0 radical (unpaired) electrons. The van der Waals surface area contributed by atoms with Gasteiger partial charge in [0.1, 0.15) is 6.54 Å². The number of urea groups is 1. The topological polar surface area (TPSA) is 78.0 Å². The molecule has 0 saturated carbocycles. The van der Waals surface area contributed by atoms with Crippen molar-refractivity contribution < 1.29 is 18.0 Å². The fraction of sp³-hybridized carbons (Fsp3) is 0.391. The predicted octanol–water partition coefficient (Wildman–Crippen LogP) is 3.23. The summed E-state index contributed by atoms with van der Waals surface area (Å²) in [6.07, 6.45) is 1.01. The van der Waals surface area contributed by atoms with E-state index in [2.05, 4.69) is 0 Å². The summed E-state index contributed by atoms with van der Waals surface area (Å²) in [7, 11) is -3.61. The summed E-state index contributed by atoms with van der Waals surface area (Å²) in [6, 6.07) is 12.2. The molecule has 31 heavy (non-hydrogen) atoms. The molecule has 3 amide bonds. The van der Waals surface area contributed by atoms with Crippen LogP contribution in [0.2, 0.25) is 0 Å². The van der Waals surface area contributed by atoms with Crippen LogP contribution in [0.4, 0.5) is 10.5 Å². The number of carbonyl (C=O) groups is 2. The van der Waals surface area contributed by atoms with Crippen molar-refractivity contribution in [3.05, 3.63) is 59.2 Å². The van der Waals surface area contributed by atoms with Crippen molar-refractivity contribution in [2.45, 2.75) is 44.6 Å². The number of rotatable bonds is 4. The van der Waals surface area contributed by atoms with Crippen LogP contribution in [0.15, 0.2) is 47.4 Å². The standard InChI is InChI=1S/C23H27N3O4S/c1-16-13-17(2)22(18(3)14-16)31(29,30)24-11-9-19(10-12-24)25-15-21(27)26(23(25)28)20-7-5-4-6-8-20/h4-8,13-14,19H,9-12,15H2,1-3H3. The minimum atomic E-state index is -3.61. The minimum Gasteiger partial charge on any atom is -0.312 e. The normalized spacial score (nSPS) is 18.8. The Morgan fingerprint density at radius 3 is 2.06 bits per heavy atom. The molecule has 0 N–H and O–H groups in total. The van der Waals surface area contributed by atoms with Gasteiger partial charge in [0.2, 0.25) is 10.0 Å². The summed E-state index contributed by atoms with van der Waals surface area (Å²) in [5.41, 5.74) is 3.09. The molecule has 2 fully saturated rings.